The lowest BCUT2D eigenvalue weighted by atomic mass is 9.81. The summed E-state index contributed by atoms with van der Waals surface area (Å²) < 4.78 is 0. The maximum Gasteiger partial charge on any atom is 0.160 e. The van der Waals surface area contributed by atoms with Gasteiger partial charge in [-0.3, -0.25) is 0 Å². The van der Waals surface area contributed by atoms with Gasteiger partial charge in [-0.1, -0.05) is 166 Å². The van der Waals surface area contributed by atoms with Crippen LogP contribution in [0.25, 0.3) is 88.5 Å². The van der Waals surface area contributed by atoms with Crippen LogP contribution in [0.1, 0.15) is 25.0 Å². The number of hydrogen-bond donors (Lipinski definition) is 0. The Morgan fingerprint density at radius 1 is 0.353 bits per heavy atom. The summed E-state index contributed by atoms with van der Waals surface area (Å²) in [7, 11) is 0. The molecule has 0 bridgehead atoms. The highest BCUT2D eigenvalue weighted by atomic mass is 14.9. The van der Waals surface area contributed by atoms with Gasteiger partial charge in [0.25, 0.3) is 0 Å². The molecule has 0 fully saturated rings. The summed E-state index contributed by atoms with van der Waals surface area (Å²) in [6.07, 6.45) is 0. The molecule has 0 saturated carbocycles. The second kappa shape index (κ2) is 11.3. The van der Waals surface area contributed by atoms with E-state index < -0.39 is 0 Å². The van der Waals surface area contributed by atoms with Crippen molar-refractivity contribution in [1.82, 2.24) is 9.97 Å². The van der Waals surface area contributed by atoms with Gasteiger partial charge in [-0.25, -0.2) is 9.97 Å². The summed E-state index contributed by atoms with van der Waals surface area (Å²) in [4.78, 5) is 10.4. The molecule has 0 saturated heterocycles. The van der Waals surface area contributed by atoms with Crippen molar-refractivity contribution < 1.29 is 0 Å². The van der Waals surface area contributed by atoms with E-state index in [-0.39, 0.29) is 5.41 Å². The minimum Gasteiger partial charge on any atom is -0.228 e. The Hall–Kier alpha value is -6.38. The van der Waals surface area contributed by atoms with E-state index in [1.54, 1.807) is 0 Å². The quantitative estimate of drug-likeness (QED) is 0.177. The van der Waals surface area contributed by atoms with Gasteiger partial charge in [0.1, 0.15) is 0 Å². The first-order valence-electron chi connectivity index (χ1n) is 17.7. The molecule has 10 rings (SSSR count). The van der Waals surface area contributed by atoms with E-state index in [1.807, 2.05) is 12.1 Å². The van der Waals surface area contributed by atoms with Crippen molar-refractivity contribution in [2.75, 3.05) is 0 Å². The summed E-state index contributed by atoms with van der Waals surface area (Å²) in [5, 5.41) is 7.44. The van der Waals surface area contributed by atoms with Gasteiger partial charge < -0.3 is 0 Å². The molecule has 1 aromatic heterocycles. The van der Waals surface area contributed by atoms with Gasteiger partial charge in [-0.05, 0) is 83.9 Å². The van der Waals surface area contributed by atoms with Crippen LogP contribution in [-0.4, -0.2) is 9.97 Å². The molecule has 2 nitrogen and oxygen atoms in total. The Morgan fingerprint density at radius 2 is 0.902 bits per heavy atom. The van der Waals surface area contributed by atoms with Crippen LogP contribution >= 0.6 is 0 Å². The van der Waals surface area contributed by atoms with Crippen LogP contribution < -0.4 is 0 Å². The number of hydrogen-bond acceptors (Lipinski definition) is 2. The Bertz CT molecular complexity index is 2760. The molecule has 51 heavy (non-hydrogen) atoms. The molecule has 0 spiro atoms. The van der Waals surface area contributed by atoms with E-state index in [0.29, 0.717) is 5.82 Å². The lowest BCUT2D eigenvalue weighted by molar-refractivity contribution is 0.660. The molecule has 0 N–H and O–H groups in total. The van der Waals surface area contributed by atoms with Crippen LogP contribution in [-0.2, 0) is 5.41 Å². The minimum absolute atomic E-state index is 0.0774. The van der Waals surface area contributed by atoms with Crippen molar-refractivity contribution in [2.45, 2.75) is 19.3 Å². The molecular weight excluding hydrogens is 617 g/mol. The van der Waals surface area contributed by atoms with Crippen molar-refractivity contribution >= 4 is 32.3 Å². The second-order valence-corrected chi connectivity index (χ2v) is 14.2. The Labute approximate surface area is 297 Å². The third-order valence-corrected chi connectivity index (χ3v) is 10.9. The molecule has 1 heterocycles. The molecule has 0 radical (unpaired) electrons. The van der Waals surface area contributed by atoms with Gasteiger partial charge in [0.2, 0.25) is 0 Å². The van der Waals surface area contributed by atoms with Crippen LogP contribution in [0.2, 0.25) is 0 Å². The predicted octanol–water partition coefficient (Wildman–Crippen LogP) is 12.9. The number of aromatic nitrogens is 2. The molecule has 9 aromatic rings. The van der Waals surface area contributed by atoms with E-state index >= 15 is 0 Å². The molecule has 1 aliphatic rings. The van der Waals surface area contributed by atoms with Gasteiger partial charge in [0, 0.05) is 22.1 Å². The van der Waals surface area contributed by atoms with E-state index in [4.69, 9.17) is 9.97 Å². The van der Waals surface area contributed by atoms with Crippen molar-refractivity contribution in [3.05, 3.63) is 181 Å². The first kappa shape index (κ1) is 29.5. The van der Waals surface area contributed by atoms with Gasteiger partial charge in [0.05, 0.1) is 11.4 Å². The summed E-state index contributed by atoms with van der Waals surface area (Å²) in [6.45, 7) is 4.71. The zero-order chi connectivity index (χ0) is 34.1. The fourth-order valence-corrected chi connectivity index (χ4v) is 8.35. The molecule has 0 unspecified atom stereocenters. The lowest BCUT2D eigenvalue weighted by Crippen LogP contribution is -2.14. The number of rotatable bonds is 4. The average molecular weight is 651 g/mol. The van der Waals surface area contributed by atoms with Gasteiger partial charge in [-0.15, -0.1) is 0 Å². The van der Waals surface area contributed by atoms with Crippen LogP contribution in [0, 0.1) is 0 Å². The van der Waals surface area contributed by atoms with E-state index in [0.717, 1.165) is 28.1 Å². The fourth-order valence-electron chi connectivity index (χ4n) is 8.35. The maximum absolute atomic E-state index is 5.19. The van der Waals surface area contributed by atoms with E-state index in [9.17, 15) is 0 Å². The average Bonchev–Trinajstić information content (AvgIpc) is 3.43. The Kier molecular flexibility index (Phi) is 6.56. The van der Waals surface area contributed by atoms with Crippen LogP contribution in [0.4, 0.5) is 0 Å². The van der Waals surface area contributed by atoms with E-state index in [1.165, 1.54) is 65.7 Å². The molecule has 2 heteroatoms. The standard InChI is InChI=1S/C49H34N2/c1-49(2)43-23-12-11-20-39(43)40-27-24-33(29-44(40)49)35-21-13-22-41-37-19-10-9-18-36(37)38-26-25-34(28-42(38)47(35)41)48-50-45(31-14-5-3-6-15-31)30-46(51-48)32-16-7-4-8-17-32/h3-30H,1-2H3. The number of benzene rings is 8. The SMILES string of the molecule is CC1(C)c2ccccc2-c2ccc(-c3cccc4c5ccccc5c5ccc(-c6nc(-c7ccccc7)cc(-c7ccccc7)n6)cc5c34)cc21. The maximum atomic E-state index is 5.19. The third kappa shape index (κ3) is 4.64. The first-order chi connectivity index (χ1) is 25.0. The third-order valence-electron chi connectivity index (χ3n) is 10.9. The normalized spacial score (nSPS) is 13.1. The van der Waals surface area contributed by atoms with Crippen molar-refractivity contribution in [2.24, 2.45) is 0 Å². The van der Waals surface area contributed by atoms with Crippen LogP contribution in [0.15, 0.2) is 170 Å². The molecule has 1 aliphatic carbocycles. The molecule has 0 atom stereocenters. The van der Waals surface area contributed by atoms with Crippen molar-refractivity contribution in [1.29, 1.82) is 0 Å². The zero-order valence-electron chi connectivity index (χ0n) is 28.6. The first-order valence-corrected chi connectivity index (χ1v) is 17.7. The number of fused-ring (bicyclic) bond motifs is 9. The predicted molar refractivity (Wildman–Crippen MR) is 214 cm³/mol. The molecular formula is C49H34N2. The molecule has 8 aromatic carbocycles. The highest BCUT2D eigenvalue weighted by Gasteiger charge is 2.35. The zero-order valence-corrected chi connectivity index (χ0v) is 28.6. The molecule has 0 aliphatic heterocycles. The summed E-state index contributed by atoms with van der Waals surface area (Å²) >= 11 is 0. The van der Waals surface area contributed by atoms with Crippen LogP contribution in [0.5, 0.6) is 0 Å². The van der Waals surface area contributed by atoms with Crippen molar-refractivity contribution in [3.63, 3.8) is 0 Å². The minimum atomic E-state index is -0.0774. The largest absolute Gasteiger partial charge is 0.228 e. The Morgan fingerprint density at radius 3 is 1.63 bits per heavy atom. The Balaban J connectivity index is 1.24. The second-order valence-electron chi connectivity index (χ2n) is 14.2. The topological polar surface area (TPSA) is 25.8 Å². The number of nitrogens with zero attached hydrogens (tertiary/aromatic N) is 2. The summed E-state index contributed by atoms with van der Waals surface area (Å²) in [6, 6.07) is 61.2. The van der Waals surface area contributed by atoms with Crippen LogP contribution in [0.3, 0.4) is 0 Å². The van der Waals surface area contributed by atoms with Gasteiger partial charge in [0.15, 0.2) is 5.82 Å². The smallest absolute Gasteiger partial charge is 0.160 e. The monoisotopic (exact) mass is 650 g/mol. The molecule has 0 amide bonds. The highest BCUT2D eigenvalue weighted by molar-refractivity contribution is 6.28. The van der Waals surface area contributed by atoms with E-state index in [2.05, 4.69) is 172 Å². The summed E-state index contributed by atoms with van der Waals surface area (Å²) in [5.41, 5.74) is 12.8. The summed E-state index contributed by atoms with van der Waals surface area (Å²) in [5.74, 6) is 0.716. The van der Waals surface area contributed by atoms with Crippen molar-refractivity contribution in [3.8, 4) is 56.2 Å². The van der Waals surface area contributed by atoms with Gasteiger partial charge in [-0.2, -0.15) is 0 Å². The highest BCUT2D eigenvalue weighted by Crippen LogP contribution is 2.50. The lowest BCUT2D eigenvalue weighted by Gasteiger charge is -2.22. The molecule has 240 valence electrons. The van der Waals surface area contributed by atoms with Gasteiger partial charge >= 0.3 is 0 Å². The fraction of sp³-hybridized carbons (Fsp3) is 0.0612.